The van der Waals surface area contributed by atoms with Crippen molar-refractivity contribution in [3.8, 4) is 11.1 Å². The molecule has 3 rings (SSSR count). The summed E-state index contributed by atoms with van der Waals surface area (Å²) in [5.41, 5.74) is 0.940. The molecule has 0 aliphatic rings. The first-order valence-electron chi connectivity index (χ1n) is 8.86. The van der Waals surface area contributed by atoms with Gasteiger partial charge in [-0.05, 0) is 46.8 Å². The number of benzene rings is 1. The Labute approximate surface area is 182 Å². The smallest absolute Gasteiger partial charge is 0.337 e. The summed E-state index contributed by atoms with van der Waals surface area (Å²) >= 11 is 13.7. The number of carboxylic acids is 1. The molecule has 2 heterocycles. The molecule has 2 aromatic heterocycles. The number of carboxylic acid groups (broad SMARTS) is 1. The summed E-state index contributed by atoms with van der Waals surface area (Å²) in [6, 6.07) is 4.89. The SMILES string of the molecule is Cc1cc2c(-c3ccc(Cl)c(F)c3Cl)c([C@H](OC(C)(C)C)C(=O)O)c(C)nc2s1. The van der Waals surface area contributed by atoms with Crippen molar-refractivity contribution in [2.75, 3.05) is 0 Å². The van der Waals surface area contributed by atoms with E-state index < -0.39 is 23.5 Å². The van der Waals surface area contributed by atoms with Crippen LogP contribution in [-0.2, 0) is 9.53 Å². The third-order valence-corrected chi connectivity index (χ3v) is 5.90. The third kappa shape index (κ3) is 4.26. The highest BCUT2D eigenvalue weighted by atomic mass is 35.5. The van der Waals surface area contributed by atoms with Crippen LogP contribution < -0.4 is 0 Å². The highest BCUT2D eigenvalue weighted by molar-refractivity contribution is 7.18. The van der Waals surface area contributed by atoms with Crippen LogP contribution in [0.15, 0.2) is 18.2 Å². The fourth-order valence-corrected chi connectivity index (χ4v) is 4.62. The third-order valence-electron chi connectivity index (χ3n) is 4.30. The Kier molecular flexibility index (Phi) is 5.94. The van der Waals surface area contributed by atoms with Crippen LogP contribution in [0.5, 0.6) is 0 Å². The lowest BCUT2D eigenvalue weighted by molar-refractivity contribution is -0.160. The molecule has 8 heteroatoms. The molecule has 3 aromatic rings. The minimum absolute atomic E-state index is 0.107. The molecule has 154 valence electrons. The minimum Gasteiger partial charge on any atom is -0.479 e. The van der Waals surface area contributed by atoms with Gasteiger partial charge in [-0.3, -0.25) is 0 Å². The van der Waals surface area contributed by atoms with Gasteiger partial charge < -0.3 is 9.84 Å². The van der Waals surface area contributed by atoms with Crippen LogP contribution in [0.2, 0.25) is 10.0 Å². The Bertz CT molecular complexity index is 1120. The molecule has 0 unspecified atom stereocenters. The number of nitrogens with zero attached hydrogens (tertiary/aromatic N) is 1. The lowest BCUT2D eigenvalue weighted by Gasteiger charge is -2.28. The summed E-state index contributed by atoms with van der Waals surface area (Å²) in [5.74, 6) is -1.92. The van der Waals surface area contributed by atoms with Crippen molar-refractivity contribution in [3.05, 3.63) is 50.2 Å². The predicted octanol–water partition coefficient (Wildman–Crippen LogP) is 6.97. The van der Waals surface area contributed by atoms with E-state index in [0.717, 1.165) is 4.88 Å². The molecule has 1 aromatic carbocycles. The molecule has 29 heavy (non-hydrogen) atoms. The Morgan fingerprint density at radius 1 is 1.28 bits per heavy atom. The van der Waals surface area contributed by atoms with Gasteiger partial charge >= 0.3 is 5.97 Å². The molecule has 0 spiro atoms. The van der Waals surface area contributed by atoms with E-state index >= 15 is 0 Å². The standard InChI is InChI=1S/C21H20Cl2FNO3S/c1-9-8-12-15(11-6-7-13(22)17(24)16(11)23)14(10(2)25-19(12)29-9)18(20(26)27)28-21(3,4)5/h6-8,18H,1-5H3,(H,26,27)/t18-/m0/s1. The molecular formula is C21H20Cl2FNO3S. The molecule has 0 radical (unpaired) electrons. The summed E-state index contributed by atoms with van der Waals surface area (Å²) in [4.78, 5) is 18.5. The number of carbonyl (C=O) groups is 1. The van der Waals surface area contributed by atoms with E-state index in [1.54, 1.807) is 33.8 Å². The zero-order valence-corrected chi connectivity index (χ0v) is 18.9. The first kappa shape index (κ1) is 22.0. The van der Waals surface area contributed by atoms with Gasteiger partial charge in [0.15, 0.2) is 11.9 Å². The van der Waals surface area contributed by atoms with Crippen molar-refractivity contribution >= 4 is 50.7 Å². The summed E-state index contributed by atoms with van der Waals surface area (Å²) in [6.45, 7) is 8.96. The van der Waals surface area contributed by atoms with Crippen LogP contribution in [0.4, 0.5) is 4.39 Å². The van der Waals surface area contributed by atoms with Gasteiger partial charge in [-0.25, -0.2) is 14.2 Å². The summed E-state index contributed by atoms with van der Waals surface area (Å²) in [5, 5.41) is 10.4. The second kappa shape index (κ2) is 7.84. The number of rotatable bonds is 4. The van der Waals surface area contributed by atoms with E-state index in [9.17, 15) is 14.3 Å². The number of ether oxygens (including phenoxy) is 1. The number of pyridine rings is 1. The summed E-state index contributed by atoms with van der Waals surface area (Å²) in [7, 11) is 0. The lowest BCUT2D eigenvalue weighted by atomic mass is 9.92. The fraction of sp³-hybridized carbons (Fsp3) is 0.333. The molecule has 0 aliphatic heterocycles. The fourth-order valence-electron chi connectivity index (χ4n) is 3.22. The number of hydrogen-bond acceptors (Lipinski definition) is 4. The maximum Gasteiger partial charge on any atom is 0.337 e. The first-order chi connectivity index (χ1) is 13.4. The Morgan fingerprint density at radius 2 is 1.93 bits per heavy atom. The van der Waals surface area contributed by atoms with Gasteiger partial charge in [0, 0.05) is 32.6 Å². The maximum atomic E-state index is 14.5. The molecule has 0 bridgehead atoms. The Balaban J connectivity index is 2.45. The number of thiophene rings is 1. The number of aryl methyl sites for hydroxylation is 2. The summed E-state index contributed by atoms with van der Waals surface area (Å²) < 4.78 is 20.4. The van der Waals surface area contributed by atoms with Gasteiger partial charge in [0.2, 0.25) is 0 Å². The maximum absolute atomic E-state index is 14.5. The van der Waals surface area contributed by atoms with Crippen LogP contribution in [0.25, 0.3) is 21.3 Å². The highest BCUT2D eigenvalue weighted by Gasteiger charge is 2.33. The van der Waals surface area contributed by atoms with Crippen molar-refractivity contribution in [1.82, 2.24) is 4.98 Å². The predicted molar refractivity (Wildman–Crippen MR) is 116 cm³/mol. The van der Waals surface area contributed by atoms with Crippen molar-refractivity contribution in [3.63, 3.8) is 0 Å². The Hall–Kier alpha value is -1.73. The van der Waals surface area contributed by atoms with Gasteiger partial charge in [-0.15, -0.1) is 11.3 Å². The molecule has 0 amide bonds. The van der Waals surface area contributed by atoms with Crippen molar-refractivity contribution in [2.45, 2.75) is 46.3 Å². The number of aliphatic carboxylic acids is 1. The zero-order chi connectivity index (χ0) is 21.7. The molecule has 4 nitrogen and oxygen atoms in total. The van der Waals surface area contributed by atoms with E-state index in [2.05, 4.69) is 4.98 Å². The molecule has 1 N–H and O–H groups in total. The number of hydrogen-bond donors (Lipinski definition) is 1. The number of aromatic nitrogens is 1. The van der Waals surface area contributed by atoms with Crippen LogP contribution in [-0.4, -0.2) is 21.7 Å². The van der Waals surface area contributed by atoms with Gasteiger partial charge in [0.05, 0.1) is 15.6 Å². The molecule has 1 atom stereocenters. The molecule has 0 saturated carbocycles. The zero-order valence-electron chi connectivity index (χ0n) is 16.6. The quantitative estimate of drug-likeness (QED) is 0.431. The van der Waals surface area contributed by atoms with Crippen LogP contribution in [0.1, 0.15) is 43.0 Å². The molecular weight excluding hydrogens is 436 g/mol. The number of halogens is 3. The van der Waals surface area contributed by atoms with Crippen molar-refractivity contribution < 1.29 is 19.0 Å². The van der Waals surface area contributed by atoms with E-state index in [1.165, 1.54) is 17.4 Å². The van der Waals surface area contributed by atoms with Crippen LogP contribution in [0, 0.1) is 19.7 Å². The molecule has 0 fully saturated rings. The van der Waals surface area contributed by atoms with Gasteiger partial charge in [0.1, 0.15) is 4.83 Å². The normalized spacial score (nSPS) is 13.1. The Morgan fingerprint density at radius 3 is 2.52 bits per heavy atom. The second-order valence-corrected chi connectivity index (χ2v) is 9.75. The monoisotopic (exact) mass is 455 g/mol. The van der Waals surface area contributed by atoms with Gasteiger partial charge in [-0.1, -0.05) is 29.3 Å². The highest BCUT2D eigenvalue weighted by Crippen LogP contribution is 2.44. The topological polar surface area (TPSA) is 59.4 Å². The van der Waals surface area contributed by atoms with Gasteiger partial charge in [0.25, 0.3) is 0 Å². The van der Waals surface area contributed by atoms with Crippen molar-refractivity contribution in [2.24, 2.45) is 0 Å². The van der Waals surface area contributed by atoms with Gasteiger partial charge in [-0.2, -0.15) is 0 Å². The minimum atomic E-state index is -1.31. The van der Waals surface area contributed by atoms with E-state index in [-0.39, 0.29) is 10.0 Å². The molecule has 0 saturated heterocycles. The second-order valence-electron chi connectivity index (χ2n) is 7.73. The molecule has 0 aliphatic carbocycles. The van der Waals surface area contributed by atoms with E-state index in [1.807, 2.05) is 13.0 Å². The van der Waals surface area contributed by atoms with E-state index in [0.29, 0.717) is 32.6 Å². The van der Waals surface area contributed by atoms with Crippen molar-refractivity contribution in [1.29, 1.82) is 0 Å². The van der Waals surface area contributed by atoms with Crippen LogP contribution in [0.3, 0.4) is 0 Å². The average molecular weight is 456 g/mol. The largest absolute Gasteiger partial charge is 0.479 e. The lowest BCUT2D eigenvalue weighted by Crippen LogP contribution is -2.28. The summed E-state index contributed by atoms with van der Waals surface area (Å²) in [6.07, 6.45) is -1.31. The average Bonchev–Trinajstić information content (AvgIpc) is 2.96. The van der Waals surface area contributed by atoms with E-state index in [4.69, 9.17) is 27.9 Å². The van der Waals surface area contributed by atoms with Crippen LogP contribution >= 0.6 is 34.5 Å². The first-order valence-corrected chi connectivity index (χ1v) is 10.4. The number of fused-ring (bicyclic) bond motifs is 1.